The van der Waals surface area contributed by atoms with Crippen molar-refractivity contribution in [2.75, 3.05) is 0 Å². The van der Waals surface area contributed by atoms with Crippen LogP contribution >= 0.6 is 11.3 Å². The highest BCUT2D eigenvalue weighted by atomic mass is 32.1. The number of nitrogens with zero attached hydrogens (tertiary/aromatic N) is 3. The fourth-order valence-corrected chi connectivity index (χ4v) is 2.60. The summed E-state index contributed by atoms with van der Waals surface area (Å²) in [5.41, 5.74) is 1.48. The van der Waals surface area contributed by atoms with Crippen LogP contribution in [0.15, 0.2) is 63.0 Å². The topological polar surface area (TPSA) is 65.0 Å². The summed E-state index contributed by atoms with van der Waals surface area (Å²) in [6, 6.07) is 15.4. The standard InChI is InChI=1S/C15H9N3O2S/c1-2-5-10(6-3-1)12-9-11(17-19-12)15-16-14(18-20-15)13-7-4-8-21-13/h1-9H. The molecule has 6 heteroatoms. The van der Waals surface area contributed by atoms with Crippen LogP contribution in [0.3, 0.4) is 0 Å². The van der Waals surface area contributed by atoms with Gasteiger partial charge in [0.2, 0.25) is 5.82 Å². The van der Waals surface area contributed by atoms with Crippen LogP contribution in [0, 0.1) is 0 Å². The third kappa shape index (κ3) is 2.25. The molecule has 0 amide bonds. The Bertz CT molecular complexity index is 850. The van der Waals surface area contributed by atoms with Gasteiger partial charge < -0.3 is 9.05 Å². The molecule has 0 aliphatic rings. The van der Waals surface area contributed by atoms with E-state index >= 15 is 0 Å². The van der Waals surface area contributed by atoms with Gasteiger partial charge in [-0.15, -0.1) is 11.3 Å². The second-order valence-corrected chi connectivity index (χ2v) is 5.29. The minimum absolute atomic E-state index is 0.351. The summed E-state index contributed by atoms with van der Waals surface area (Å²) in [7, 11) is 0. The monoisotopic (exact) mass is 295 g/mol. The van der Waals surface area contributed by atoms with E-state index in [2.05, 4.69) is 15.3 Å². The van der Waals surface area contributed by atoms with Gasteiger partial charge in [0.05, 0.1) is 4.88 Å². The number of rotatable bonds is 3. The third-order valence-corrected chi connectivity index (χ3v) is 3.82. The average Bonchev–Trinajstić information content (AvgIpc) is 3.27. The Morgan fingerprint density at radius 2 is 1.81 bits per heavy atom. The van der Waals surface area contributed by atoms with Crippen LogP contribution in [0.5, 0.6) is 0 Å². The smallest absolute Gasteiger partial charge is 0.280 e. The molecule has 0 aliphatic heterocycles. The van der Waals surface area contributed by atoms with Crippen molar-refractivity contribution in [3.05, 3.63) is 53.9 Å². The van der Waals surface area contributed by atoms with Gasteiger partial charge in [0.25, 0.3) is 5.89 Å². The molecule has 3 heterocycles. The van der Waals surface area contributed by atoms with Crippen LogP contribution in [0.1, 0.15) is 0 Å². The second-order valence-electron chi connectivity index (χ2n) is 4.34. The molecule has 0 radical (unpaired) electrons. The van der Waals surface area contributed by atoms with E-state index in [0.717, 1.165) is 10.4 Å². The fraction of sp³-hybridized carbons (Fsp3) is 0. The van der Waals surface area contributed by atoms with Crippen LogP contribution in [0.4, 0.5) is 0 Å². The van der Waals surface area contributed by atoms with Gasteiger partial charge in [-0.2, -0.15) is 4.98 Å². The third-order valence-electron chi connectivity index (χ3n) is 2.96. The van der Waals surface area contributed by atoms with Crippen molar-refractivity contribution in [1.82, 2.24) is 15.3 Å². The fourth-order valence-electron chi connectivity index (χ4n) is 1.95. The molecule has 1 aromatic carbocycles. The molecule has 0 spiro atoms. The van der Waals surface area contributed by atoms with E-state index in [9.17, 15) is 0 Å². The molecule has 4 aromatic rings. The van der Waals surface area contributed by atoms with Gasteiger partial charge in [-0.05, 0) is 11.4 Å². The Hall–Kier alpha value is -2.73. The molecular formula is C15H9N3O2S. The van der Waals surface area contributed by atoms with Crippen LogP contribution in [0.25, 0.3) is 33.6 Å². The van der Waals surface area contributed by atoms with Crippen LogP contribution in [0.2, 0.25) is 0 Å². The van der Waals surface area contributed by atoms with E-state index < -0.39 is 0 Å². The normalized spacial score (nSPS) is 10.9. The summed E-state index contributed by atoms with van der Waals surface area (Å²) in [5.74, 6) is 1.58. The lowest BCUT2D eigenvalue weighted by molar-refractivity contribution is 0.411. The number of aromatic nitrogens is 3. The molecule has 0 atom stereocenters. The van der Waals surface area contributed by atoms with Crippen molar-refractivity contribution in [2.24, 2.45) is 0 Å². The highest BCUT2D eigenvalue weighted by molar-refractivity contribution is 7.13. The Balaban J connectivity index is 1.67. The maximum absolute atomic E-state index is 5.33. The van der Waals surface area contributed by atoms with Crippen molar-refractivity contribution in [3.8, 4) is 33.6 Å². The zero-order valence-corrected chi connectivity index (χ0v) is 11.6. The first kappa shape index (κ1) is 12.0. The first-order chi connectivity index (χ1) is 10.4. The predicted molar refractivity (Wildman–Crippen MR) is 78.5 cm³/mol. The number of hydrogen-bond donors (Lipinski definition) is 0. The minimum atomic E-state index is 0.351. The zero-order chi connectivity index (χ0) is 14.1. The molecule has 0 bridgehead atoms. The molecule has 21 heavy (non-hydrogen) atoms. The molecule has 5 nitrogen and oxygen atoms in total. The maximum atomic E-state index is 5.33. The minimum Gasteiger partial charge on any atom is -0.355 e. The quantitative estimate of drug-likeness (QED) is 0.569. The number of hydrogen-bond acceptors (Lipinski definition) is 6. The Labute approximate surface area is 123 Å². The number of thiophene rings is 1. The highest BCUT2D eigenvalue weighted by Crippen LogP contribution is 2.27. The molecule has 0 N–H and O–H groups in total. The summed E-state index contributed by atoms with van der Waals surface area (Å²) >= 11 is 1.56. The Kier molecular flexibility index (Phi) is 2.86. The predicted octanol–water partition coefficient (Wildman–Crippen LogP) is 4.12. The first-order valence-electron chi connectivity index (χ1n) is 6.30. The summed E-state index contributed by atoms with van der Waals surface area (Å²) in [4.78, 5) is 5.30. The van der Waals surface area contributed by atoms with Crippen molar-refractivity contribution in [1.29, 1.82) is 0 Å². The average molecular weight is 295 g/mol. The van der Waals surface area contributed by atoms with Crippen LogP contribution in [-0.4, -0.2) is 15.3 Å². The molecule has 0 unspecified atom stereocenters. The van der Waals surface area contributed by atoms with E-state index in [0.29, 0.717) is 23.2 Å². The summed E-state index contributed by atoms with van der Waals surface area (Å²) in [6.45, 7) is 0. The van der Waals surface area contributed by atoms with Gasteiger partial charge in [0.15, 0.2) is 11.5 Å². The first-order valence-corrected chi connectivity index (χ1v) is 7.18. The van der Waals surface area contributed by atoms with Crippen molar-refractivity contribution in [3.63, 3.8) is 0 Å². The lowest BCUT2D eigenvalue weighted by Crippen LogP contribution is -1.77. The van der Waals surface area contributed by atoms with Gasteiger partial charge in [0, 0.05) is 11.6 Å². The van der Waals surface area contributed by atoms with Crippen LogP contribution in [-0.2, 0) is 0 Å². The largest absolute Gasteiger partial charge is 0.355 e. The van der Waals surface area contributed by atoms with Crippen molar-refractivity contribution in [2.45, 2.75) is 0 Å². The van der Waals surface area contributed by atoms with E-state index in [4.69, 9.17) is 9.05 Å². The van der Waals surface area contributed by atoms with Crippen LogP contribution < -0.4 is 0 Å². The molecular weight excluding hydrogens is 286 g/mol. The SMILES string of the molecule is c1ccc(-c2cc(-c3nc(-c4cccs4)no3)no2)cc1. The molecule has 3 aromatic heterocycles. The highest BCUT2D eigenvalue weighted by Gasteiger charge is 2.16. The Morgan fingerprint density at radius 3 is 2.62 bits per heavy atom. The second kappa shape index (κ2) is 4.99. The molecule has 0 saturated heterocycles. The Morgan fingerprint density at radius 1 is 0.905 bits per heavy atom. The molecule has 0 aliphatic carbocycles. The summed E-state index contributed by atoms with van der Waals surface area (Å²) in [6.07, 6.45) is 0. The summed E-state index contributed by atoms with van der Waals surface area (Å²) in [5, 5.41) is 9.92. The van der Waals surface area contributed by atoms with Crippen molar-refractivity contribution < 1.29 is 9.05 Å². The van der Waals surface area contributed by atoms with Crippen molar-refractivity contribution >= 4 is 11.3 Å². The number of benzene rings is 1. The van der Waals surface area contributed by atoms with Gasteiger partial charge in [-0.3, -0.25) is 0 Å². The van der Waals surface area contributed by atoms with Gasteiger partial charge >= 0.3 is 0 Å². The molecule has 102 valence electrons. The lowest BCUT2D eigenvalue weighted by Gasteiger charge is -1.91. The lowest BCUT2D eigenvalue weighted by atomic mass is 10.2. The van der Waals surface area contributed by atoms with Gasteiger partial charge in [0.1, 0.15) is 0 Å². The molecule has 0 saturated carbocycles. The van der Waals surface area contributed by atoms with E-state index in [1.807, 2.05) is 47.8 Å². The molecule has 4 rings (SSSR count). The van der Waals surface area contributed by atoms with E-state index in [1.54, 1.807) is 17.4 Å². The van der Waals surface area contributed by atoms with Gasteiger partial charge in [-0.25, -0.2) is 0 Å². The van der Waals surface area contributed by atoms with E-state index in [1.165, 1.54) is 0 Å². The maximum Gasteiger partial charge on any atom is 0.280 e. The molecule has 0 fully saturated rings. The van der Waals surface area contributed by atoms with E-state index in [-0.39, 0.29) is 0 Å². The zero-order valence-electron chi connectivity index (χ0n) is 10.8. The summed E-state index contributed by atoms with van der Waals surface area (Å²) < 4.78 is 10.6. The van der Waals surface area contributed by atoms with Gasteiger partial charge in [-0.1, -0.05) is 46.7 Å².